The number of hydrogen-bond acceptors (Lipinski definition) is 4. The molecule has 0 saturated heterocycles. The monoisotopic (exact) mass is 321 g/mol. The van der Waals surface area contributed by atoms with E-state index in [9.17, 15) is 8.42 Å². The fraction of sp³-hybridized carbons (Fsp3) is 0.250. The van der Waals surface area contributed by atoms with Crippen molar-refractivity contribution in [2.24, 2.45) is 0 Å². The average Bonchev–Trinajstić information content (AvgIpc) is 2.52. The maximum absolute atomic E-state index is 12.1. The van der Waals surface area contributed by atoms with Crippen molar-refractivity contribution in [1.82, 2.24) is 4.72 Å². The van der Waals surface area contributed by atoms with Gasteiger partial charge in [0.15, 0.2) is 0 Å². The van der Waals surface area contributed by atoms with Crippen LogP contribution in [0.15, 0.2) is 53.4 Å². The van der Waals surface area contributed by atoms with Crippen LogP contribution in [0.3, 0.4) is 0 Å². The smallest absolute Gasteiger partial charge is 0.240 e. The number of rotatable bonds is 7. The van der Waals surface area contributed by atoms with E-state index in [1.54, 1.807) is 43.5 Å². The van der Waals surface area contributed by atoms with Gasteiger partial charge in [-0.15, -0.1) is 0 Å². The summed E-state index contributed by atoms with van der Waals surface area (Å²) in [6.45, 7) is 2.33. The van der Waals surface area contributed by atoms with Crippen LogP contribution in [-0.2, 0) is 10.0 Å². The van der Waals surface area contributed by atoms with Gasteiger partial charge < -0.3 is 9.47 Å². The van der Waals surface area contributed by atoms with Crippen molar-refractivity contribution in [3.63, 3.8) is 0 Å². The molecule has 118 valence electrons. The zero-order valence-electron chi connectivity index (χ0n) is 12.6. The van der Waals surface area contributed by atoms with Crippen molar-refractivity contribution in [3.05, 3.63) is 54.1 Å². The summed E-state index contributed by atoms with van der Waals surface area (Å²) in [5.41, 5.74) is 1.01. The van der Waals surface area contributed by atoms with E-state index in [1.807, 2.05) is 19.1 Å². The first-order valence-electron chi connectivity index (χ1n) is 6.84. The van der Waals surface area contributed by atoms with Gasteiger partial charge in [0.05, 0.1) is 12.0 Å². The summed E-state index contributed by atoms with van der Waals surface area (Å²) in [7, 11) is -1.92. The molecule has 0 aromatic heterocycles. The second-order valence-electron chi connectivity index (χ2n) is 4.74. The molecule has 0 radical (unpaired) electrons. The molecule has 0 bridgehead atoms. The first kappa shape index (κ1) is 16.3. The molecule has 2 aromatic rings. The van der Waals surface area contributed by atoms with E-state index >= 15 is 0 Å². The van der Waals surface area contributed by atoms with Crippen LogP contribution in [0.1, 0.15) is 5.56 Å². The summed E-state index contributed by atoms with van der Waals surface area (Å²) in [6, 6.07) is 13.9. The molecule has 0 fully saturated rings. The molecule has 2 aromatic carbocycles. The highest BCUT2D eigenvalue weighted by Gasteiger charge is 2.12. The van der Waals surface area contributed by atoms with Gasteiger partial charge in [-0.1, -0.05) is 23.8 Å². The molecule has 0 unspecified atom stereocenters. The normalized spacial score (nSPS) is 11.2. The van der Waals surface area contributed by atoms with Crippen LogP contribution < -0.4 is 14.2 Å². The minimum absolute atomic E-state index is 0.188. The van der Waals surface area contributed by atoms with Gasteiger partial charge in [-0.3, -0.25) is 0 Å². The highest BCUT2D eigenvalue weighted by molar-refractivity contribution is 7.89. The van der Waals surface area contributed by atoms with Gasteiger partial charge in [-0.2, -0.15) is 0 Å². The van der Waals surface area contributed by atoms with Crippen molar-refractivity contribution in [3.8, 4) is 11.5 Å². The van der Waals surface area contributed by atoms with Gasteiger partial charge in [-0.05, 0) is 31.2 Å². The lowest BCUT2D eigenvalue weighted by atomic mass is 10.2. The molecular weight excluding hydrogens is 302 g/mol. The van der Waals surface area contributed by atoms with Crippen LogP contribution in [0, 0.1) is 6.92 Å². The van der Waals surface area contributed by atoms with Gasteiger partial charge in [-0.25, -0.2) is 13.1 Å². The topological polar surface area (TPSA) is 64.6 Å². The molecule has 1 N–H and O–H groups in total. The van der Waals surface area contributed by atoms with Crippen molar-refractivity contribution in [2.75, 3.05) is 20.3 Å². The Morgan fingerprint density at radius 3 is 2.41 bits per heavy atom. The number of sulfonamides is 1. The van der Waals surface area contributed by atoms with Crippen molar-refractivity contribution in [1.29, 1.82) is 0 Å². The Hall–Kier alpha value is -2.05. The first-order chi connectivity index (χ1) is 10.5. The zero-order valence-corrected chi connectivity index (χ0v) is 13.4. The van der Waals surface area contributed by atoms with Crippen LogP contribution in [0.4, 0.5) is 0 Å². The Labute approximate surface area is 130 Å². The van der Waals surface area contributed by atoms with Crippen molar-refractivity contribution >= 4 is 10.0 Å². The van der Waals surface area contributed by atoms with Crippen LogP contribution in [0.2, 0.25) is 0 Å². The summed E-state index contributed by atoms with van der Waals surface area (Å²) in [6.07, 6.45) is 0. The highest BCUT2D eigenvalue weighted by atomic mass is 32.2. The van der Waals surface area contributed by atoms with Gasteiger partial charge in [0.25, 0.3) is 0 Å². The molecule has 0 spiro atoms. The summed E-state index contributed by atoms with van der Waals surface area (Å²) in [4.78, 5) is 0.250. The van der Waals surface area contributed by atoms with Crippen LogP contribution in [0.25, 0.3) is 0 Å². The largest absolute Gasteiger partial charge is 0.497 e. The second kappa shape index (κ2) is 7.29. The van der Waals surface area contributed by atoms with Crippen LogP contribution in [0.5, 0.6) is 11.5 Å². The molecular formula is C16H19NO4S. The molecule has 0 aliphatic heterocycles. The van der Waals surface area contributed by atoms with Gasteiger partial charge in [0, 0.05) is 12.6 Å². The molecule has 0 heterocycles. The van der Waals surface area contributed by atoms with E-state index in [1.165, 1.54) is 0 Å². The van der Waals surface area contributed by atoms with Crippen molar-refractivity contribution < 1.29 is 17.9 Å². The SMILES string of the molecule is COc1cccc(OCCNS(=O)(=O)c2ccc(C)cc2)c1. The van der Waals surface area contributed by atoms with Gasteiger partial charge in [0.2, 0.25) is 10.0 Å². The molecule has 22 heavy (non-hydrogen) atoms. The van der Waals surface area contributed by atoms with E-state index in [-0.39, 0.29) is 18.0 Å². The Kier molecular flexibility index (Phi) is 5.41. The number of benzene rings is 2. The fourth-order valence-electron chi connectivity index (χ4n) is 1.84. The summed E-state index contributed by atoms with van der Waals surface area (Å²) < 4.78 is 37.2. The number of methoxy groups -OCH3 is 1. The van der Waals surface area contributed by atoms with E-state index < -0.39 is 10.0 Å². The fourth-order valence-corrected chi connectivity index (χ4v) is 2.85. The molecule has 0 atom stereocenters. The lowest BCUT2D eigenvalue weighted by Gasteiger charge is -2.09. The third-order valence-corrected chi connectivity index (χ3v) is 4.51. The molecule has 0 aliphatic rings. The number of hydrogen-bond donors (Lipinski definition) is 1. The highest BCUT2D eigenvalue weighted by Crippen LogP contribution is 2.18. The quantitative estimate of drug-likeness (QED) is 0.795. The third-order valence-electron chi connectivity index (χ3n) is 3.04. The van der Waals surface area contributed by atoms with E-state index in [0.717, 1.165) is 5.56 Å². The minimum atomic E-state index is -3.50. The Bertz CT molecular complexity index is 711. The summed E-state index contributed by atoms with van der Waals surface area (Å²) >= 11 is 0. The third kappa shape index (κ3) is 4.47. The molecule has 5 nitrogen and oxygen atoms in total. The molecule has 0 amide bonds. The number of aryl methyl sites for hydroxylation is 1. The molecule has 0 saturated carbocycles. The molecule has 2 rings (SSSR count). The standard InChI is InChI=1S/C16H19NO4S/c1-13-6-8-16(9-7-13)22(18,19)17-10-11-21-15-5-3-4-14(12-15)20-2/h3-9,12,17H,10-11H2,1-2H3. The van der Waals surface area contributed by atoms with E-state index in [0.29, 0.717) is 11.5 Å². The lowest BCUT2D eigenvalue weighted by molar-refractivity contribution is 0.320. The van der Waals surface area contributed by atoms with Crippen molar-refractivity contribution in [2.45, 2.75) is 11.8 Å². The number of nitrogens with one attached hydrogen (secondary N) is 1. The predicted molar refractivity (Wildman–Crippen MR) is 84.9 cm³/mol. The maximum atomic E-state index is 12.1. The van der Waals surface area contributed by atoms with Crippen LogP contribution in [-0.4, -0.2) is 28.7 Å². The second-order valence-corrected chi connectivity index (χ2v) is 6.51. The van der Waals surface area contributed by atoms with Crippen LogP contribution >= 0.6 is 0 Å². The van der Waals surface area contributed by atoms with Gasteiger partial charge >= 0.3 is 0 Å². The maximum Gasteiger partial charge on any atom is 0.240 e. The Morgan fingerprint density at radius 1 is 1.05 bits per heavy atom. The first-order valence-corrected chi connectivity index (χ1v) is 8.33. The predicted octanol–water partition coefficient (Wildman–Crippen LogP) is 2.36. The summed E-state index contributed by atoms with van der Waals surface area (Å²) in [5.74, 6) is 1.33. The Balaban J connectivity index is 1.86. The summed E-state index contributed by atoms with van der Waals surface area (Å²) in [5, 5.41) is 0. The van der Waals surface area contributed by atoms with E-state index in [4.69, 9.17) is 9.47 Å². The number of ether oxygens (including phenoxy) is 2. The molecule has 6 heteroatoms. The molecule has 0 aliphatic carbocycles. The Morgan fingerprint density at radius 2 is 1.73 bits per heavy atom. The zero-order chi connectivity index (χ0) is 16.0. The minimum Gasteiger partial charge on any atom is -0.497 e. The van der Waals surface area contributed by atoms with Gasteiger partial charge in [0.1, 0.15) is 18.1 Å². The average molecular weight is 321 g/mol. The van der Waals surface area contributed by atoms with E-state index in [2.05, 4.69) is 4.72 Å². The lowest BCUT2D eigenvalue weighted by Crippen LogP contribution is -2.28.